The van der Waals surface area contributed by atoms with Gasteiger partial charge in [-0.05, 0) is 32.0 Å². The Morgan fingerprint density at radius 1 is 1.43 bits per heavy atom. The Balaban J connectivity index is 1.61. The van der Waals surface area contributed by atoms with E-state index in [9.17, 15) is 0 Å². The molecule has 0 aromatic carbocycles. The number of likely N-dealkylation sites (N-methyl/N-ethyl adjacent to an activating group) is 1. The number of anilines is 1. The number of aromatic nitrogens is 4. The summed E-state index contributed by atoms with van der Waals surface area (Å²) in [4.78, 5) is 9.07. The smallest absolute Gasteiger partial charge is 0.229 e. The molecule has 2 aromatic rings. The molecule has 0 aliphatic carbocycles. The van der Waals surface area contributed by atoms with Crippen LogP contribution in [0.4, 0.5) is 5.82 Å². The Labute approximate surface area is 136 Å². The van der Waals surface area contributed by atoms with E-state index in [1.165, 1.54) is 6.42 Å². The highest BCUT2D eigenvalue weighted by Crippen LogP contribution is 2.21. The van der Waals surface area contributed by atoms with Gasteiger partial charge in [-0.1, -0.05) is 19.0 Å². The van der Waals surface area contributed by atoms with Crippen molar-refractivity contribution in [1.82, 2.24) is 25.2 Å². The fourth-order valence-corrected chi connectivity index (χ4v) is 2.90. The van der Waals surface area contributed by atoms with Crippen LogP contribution in [0.25, 0.3) is 0 Å². The maximum Gasteiger partial charge on any atom is 0.229 e. The van der Waals surface area contributed by atoms with Crippen molar-refractivity contribution in [3.63, 3.8) is 0 Å². The van der Waals surface area contributed by atoms with Crippen LogP contribution in [0.3, 0.4) is 0 Å². The van der Waals surface area contributed by atoms with E-state index >= 15 is 0 Å². The summed E-state index contributed by atoms with van der Waals surface area (Å²) in [6, 6.07) is 4.40. The molecule has 124 valence electrons. The second kappa shape index (κ2) is 7.04. The Hall–Kier alpha value is -2.02. The van der Waals surface area contributed by atoms with E-state index in [-0.39, 0.29) is 5.92 Å². The van der Waals surface area contributed by atoms with Crippen LogP contribution >= 0.6 is 0 Å². The van der Waals surface area contributed by atoms with E-state index in [0.29, 0.717) is 18.5 Å². The van der Waals surface area contributed by atoms with Crippen molar-refractivity contribution >= 4 is 5.82 Å². The lowest BCUT2D eigenvalue weighted by molar-refractivity contribution is 0.200. The predicted octanol–water partition coefficient (Wildman–Crippen LogP) is 2.08. The number of nitrogens with zero attached hydrogens (tertiary/aromatic N) is 6. The lowest BCUT2D eigenvalue weighted by Gasteiger charge is -2.37. The molecule has 3 heterocycles. The quantitative estimate of drug-likeness (QED) is 0.836. The molecule has 0 unspecified atom stereocenters. The molecule has 7 heteroatoms. The van der Waals surface area contributed by atoms with Gasteiger partial charge in [-0.3, -0.25) is 4.90 Å². The van der Waals surface area contributed by atoms with E-state index in [2.05, 4.69) is 51.0 Å². The zero-order valence-electron chi connectivity index (χ0n) is 14.0. The second-order valence-corrected chi connectivity index (χ2v) is 6.44. The molecule has 23 heavy (non-hydrogen) atoms. The average molecular weight is 316 g/mol. The summed E-state index contributed by atoms with van der Waals surface area (Å²) < 4.78 is 5.29. The first-order valence-electron chi connectivity index (χ1n) is 8.19. The number of rotatable bonds is 5. The van der Waals surface area contributed by atoms with Crippen molar-refractivity contribution in [3.05, 3.63) is 30.0 Å². The van der Waals surface area contributed by atoms with Gasteiger partial charge in [0.25, 0.3) is 0 Å². The molecule has 0 bridgehead atoms. The summed E-state index contributed by atoms with van der Waals surface area (Å²) in [6.45, 7) is 6.80. The minimum atomic E-state index is 0.267. The molecule has 0 N–H and O–H groups in total. The maximum atomic E-state index is 5.29. The molecule has 0 saturated carbocycles. The van der Waals surface area contributed by atoms with Crippen LogP contribution < -0.4 is 4.90 Å². The molecular formula is C16H24N6O. The molecular weight excluding hydrogens is 292 g/mol. The molecule has 3 rings (SSSR count). The normalized spacial score (nSPS) is 18.8. The van der Waals surface area contributed by atoms with Crippen molar-refractivity contribution in [3.8, 4) is 0 Å². The van der Waals surface area contributed by atoms with Gasteiger partial charge in [0.15, 0.2) is 11.6 Å². The largest absolute Gasteiger partial charge is 0.354 e. The Kier molecular flexibility index (Phi) is 4.85. The van der Waals surface area contributed by atoms with Crippen molar-refractivity contribution in [2.24, 2.45) is 0 Å². The molecule has 1 aliphatic heterocycles. The highest BCUT2D eigenvalue weighted by Gasteiger charge is 2.25. The third kappa shape index (κ3) is 3.85. The molecule has 0 spiro atoms. The van der Waals surface area contributed by atoms with Gasteiger partial charge < -0.3 is 9.42 Å². The van der Waals surface area contributed by atoms with Gasteiger partial charge in [-0.2, -0.15) is 10.1 Å². The number of piperidine rings is 1. The van der Waals surface area contributed by atoms with E-state index in [4.69, 9.17) is 4.52 Å². The fraction of sp³-hybridized carbons (Fsp3) is 0.625. The summed E-state index contributed by atoms with van der Waals surface area (Å²) in [5, 5.41) is 12.3. The number of hydrogen-bond donors (Lipinski definition) is 0. The van der Waals surface area contributed by atoms with E-state index in [1.807, 2.05) is 12.1 Å². The lowest BCUT2D eigenvalue weighted by atomic mass is 10.0. The van der Waals surface area contributed by atoms with Crippen molar-refractivity contribution in [2.75, 3.05) is 25.0 Å². The molecule has 0 amide bonds. The first-order valence-corrected chi connectivity index (χ1v) is 8.19. The van der Waals surface area contributed by atoms with Gasteiger partial charge >= 0.3 is 0 Å². The molecule has 7 nitrogen and oxygen atoms in total. The predicted molar refractivity (Wildman–Crippen MR) is 87.1 cm³/mol. The first-order chi connectivity index (χ1) is 11.1. The van der Waals surface area contributed by atoms with Crippen molar-refractivity contribution in [1.29, 1.82) is 0 Å². The minimum Gasteiger partial charge on any atom is -0.354 e. The van der Waals surface area contributed by atoms with Gasteiger partial charge in [-0.25, -0.2) is 0 Å². The van der Waals surface area contributed by atoms with Crippen molar-refractivity contribution < 1.29 is 4.52 Å². The van der Waals surface area contributed by atoms with Gasteiger partial charge in [0.1, 0.15) is 0 Å². The molecule has 1 saturated heterocycles. The molecule has 1 aliphatic rings. The Morgan fingerprint density at radius 3 is 3.00 bits per heavy atom. The Bertz CT molecular complexity index is 614. The summed E-state index contributed by atoms with van der Waals surface area (Å²) in [5.74, 6) is 2.68. The highest BCUT2D eigenvalue weighted by molar-refractivity contribution is 5.37. The zero-order chi connectivity index (χ0) is 16.2. The van der Waals surface area contributed by atoms with Crippen LogP contribution in [0.1, 0.15) is 44.3 Å². The molecule has 2 aromatic heterocycles. The van der Waals surface area contributed by atoms with E-state index in [1.54, 1.807) is 6.20 Å². The van der Waals surface area contributed by atoms with Gasteiger partial charge in [0, 0.05) is 31.2 Å². The van der Waals surface area contributed by atoms with Crippen LogP contribution in [0.5, 0.6) is 0 Å². The maximum absolute atomic E-state index is 5.29. The van der Waals surface area contributed by atoms with Crippen LogP contribution in [-0.2, 0) is 6.54 Å². The third-order valence-electron chi connectivity index (χ3n) is 4.27. The van der Waals surface area contributed by atoms with Crippen molar-refractivity contribution in [2.45, 2.75) is 45.2 Å². The standard InChI is InChI=1S/C16H24N6O/c1-12(2)16-18-14(20-23-16)11-21(3)13-6-5-9-22(10-13)15-7-4-8-17-19-15/h4,7-8,12-13H,5-6,9-11H2,1-3H3/t13-/m0/s1. The molecule has 0 radical (unpaired) electrons. The third-order valence-corrected chi connectivity index (χ3v) is 4.27. The SMILES string of the molecule is CC(C)c1nc(CN(C)[C@H]2CCCN(c3cccnn3)C2)no1. The fourth-order valence-electron chi connectivity index (χ4n) is 2.90. The van der Waals surface area contributed by atoms with E-state index < -0.39 is 0 Å². The van der Waals surface area contributed by atoms with Crippen LogP contribution in [0.2, 0.25) is 0 Å². The van der Waals surface area contributed by atoms with Crippen LogP contribution in [0.15, 0.2) is 22.9 Å². The summed E-state index contributed by atoms with van der Waals surface area (Å²) >= 11 is 0. The van der Waals surface area contributed by atoms with E-state index in [0.717, 1.165) is 31.2 Å². The van der Waals surface area contributed by atoms with Crippen LogP contribution in [-0.4, -0.2) is 51.4 Å². The van der Waals surface area contributed by atoms with Gasteiger partial charge in [0.2, 0.25) is 5.89 Å². The first kappa shape index (κ1) is 15.9. The lowest BCUT2D eigenvalue weighted by Crippen LogP contribution is -2.46. The number of hydrogen-bond acceptors (Lipinski definition) is 7. The molecule has 1 atom stereocenters. The van der Waals surface area contributed by atoms with Gasteiger partial charge in [-0.15, -0.1) is 5.10 Å². The highest BCUT2D eigenvalue weighted by atomic mass is 16.5. The summed E-state index contributed by atoms with van der Waals surface area (Å²) in [7, 11) is 2.12. The van der Waals surface area contributed by atoms with Crippen LogP contribution in [0, 0.1) is 0 Å². The Morgan fingerprint density at radius 2 is 2.30 bits per heavy atom. The summed E-state index contributed by atoms with van der Waals surface area (Å²) in [6.07, 6.45) is 4.02. The monoisotopic (exact) mass is 316 g/mol. The molecule has 1 fully saturated rings. The summed E-state index contributed by atoms with van der Waals surface area (Å²) in [5.41, 5.74) is 0. The zero-order valence-corrected chi connectivity index (χ0v) is 14.0. The van der Waals surface area contributed by atoms with Gasteiger partial charge in [0.05, 0.1) is 6.54 Å². The second-order valence-electron chi connectivity index (χ2n) is 6.44. The topological polar surface area (TPSA) is 71.2 Å². The average Bonchev–Trinajstić information content (AvgIpc) is 3.04. The minimum absolute atomic E-state index is 0.267.